The molecule has 0 amide bonds. The number of rotatable bonds is 5. The summed E-state index contributed by atoms with van der Waals surface area (Å²) in [4.78, 5) is 1.09. The van der Waals surface area contributed by atoms with Gasteiger partial charge in [0.2, 0.25) is 7.37 Å². The molecule has 0 aliphatic carbocycles. The van der Waals surface area contributed by atoms with Gasteiger partial charge in [0, 0.05) is 14.0 Å². The van der Waals surface area contributed by atoms with Crippen LogP contribution in [0.5, 0.6) is 0 Å². The lowest BCUT2D eigenvalue weighted by molar-refractivity contribution is 0.340. The van der Waals surface area contributed by atoms with E-state index in [1.807, 2.05) is 43.3 Å². The van der Waals surface area contributed by atoms with Crippen molar-refractivity contribution >= 4 is 50.0 Å². The number of hydrogen-bond acceptors (Lipinski definition) is 3. The fourth-order valence-electron chi connectivity index (χ4n) is 2.46. The van der Waals surface area contributed by atoms with Gasteiger partial charge in [-0.2, -0.15) is 0 Å². The molecule has 1 heterocycles. The van der Waals surface area contributed by atoms with Gasteiger partial charge in [0.1, 0.15) is 0 Å². The Morgan fingerprint density at radius 3 is 2.59 bits per heavy atom. The monoisotopic (exact) mass is 394 g/mol. The normalized spacial score (nSPS) is 14.1. The van der Waals surface area contributed by atoms with Crippen LogP contribution in [0.4, 0.5) is 0 Å². The summed E-state index contributed by atoms with van der Waals surface area (Å²) in [5.74, 6) is 0. The average Bonchev–Trinajstić information content (AvgIpc) is 2.89. The van der Waals surface area contributed by atoms with Crippen molar-refractivity contribution in [3.8, 4) is 0 Å². The van der Waals surface area contributed by atoms with Gasteiger partial charge in [0.15, 0.2) is 0 Å². The van der Waals surface area contributed by atoms with Gasteiger partial charge in [-0.1, -0.05) is 30.3 Å². The highest BCUT2D eigenvalue weighted by Gasteiger charge is 2.28. The Balaban J connectivity index is 2.01. The number of benzene rings is 2. The van der Waals surface area contributed by atoms with Crippen LogP contribution in [0.25, 0.3) is 10.1 Å². The SMILES string of the molecule is CCOP(=O)(Cc1cc2ccccc2s1)c1ccccc1Br. The summed E-state index contributed by atoms with van der Waals surface area (Å²) in [6.07, 6.45) is 0.433. The quantitative estimate of drug-likeness (QED) is 0.510. The first kappa shape index (κ1) is 15.9. The Bertz CT molecular complexity index is 810. The molecule has 3 aromatic rings. The molecule has 3 rings (SSSR count). The molecule has 0 N–H and O–H groups in total. The van der Waals surface area contributed by atoms with Crippen LogP contribution in [0.3, 0.4) is 0 Å². The summed E-state index contributed by atoms with van der Waals surface area (Å²) in [5.41, 5.74) is 0. The van der Waals surface area contributed by atoms with Crippen molar-refractivity contribution in [2.75, 3.05) is 6.61 Å². The lowest BCUT2D eigenvalue weighted by Crippen LogP contribution is -2.10. The third-order valence-electron chi connectivity index (χ3n) is 3.40. The molecule has 22 heavy (non-hydrogen) atoms. The molecule has 0 spiro atoms. The molecule has 0 aliphatic rings. The summed E-state index contributed by atoms with van der Waals surface area (Å²) in [6.45, 7) is 2.32. The van der Waals surface area contributed by atoms with Gasteiger partial charge >= 0.3 is 0 Å². The minimum Gasteiger partial charge on any atom is -0.325 e. The van der Waals surface area contributed by atoms with Crippen molar-refractivity contribution in [3.05, 3.63) is 63.9 Å². The van der Waals surface area contributed by atoms with Gasteiger partial charge in [0.25, 0.3) is 0 Å². The minimum atomic E-state index is -2.92. The Morgan fingerprint density at radius 1 is 1.14 bits per heavy atom. The average molecular weight is 395 g/mol. The second-order valence-electron chi connectivity index (χ2n) is 4.95. The van der Waals surface area contributed by atoms with E-state index in [4.69, 9.17) is 4.52 Å². The summed E-state index contributed by atoms with van der Waals surface area (Å²) < 4.78 is 21.2. The Kier molecular flexibility index (Phi) is 4.84. The molecule has 0 bridgehead atoms. The van der Waals surface area contributed by atoms with Crippen LogP contribution in [0.2, 0.25) is 0 Å². The molecule has 2 nitrogen and oxygen atoms in total. The molecule has 0 saturated heterocycles. The van der Waals surface area contributed by atoms with Crippen molar-refractivity contribution in [3.63, 3.8) is 0 Å². The van der Waals surface area contributed by atoms with Gasteiger partial charge in [0.05, 0.1) is 18.1 Å². The lowest BCUT2D eigenvalue weighted by Gasteiger charge is -2.18. The molecular formula is C17H16BrO2PS. The van der Waals surface area contributed by atoms with Gasteiger partial charge < -0.3 is 4.52 Å². The van der Waals surface area contributed by atoms with Gasteiger partial charge in [-0.3, -0.25) is 4.57 Å². The third-order valence-corrected chi connectivity index (χ3v) is 8.28. The van der Waals surface area contributed by atoms with Crippen LogP contribution in [0.15, 0.2) is 59.1 Å². The maximum absolute atomic E-state index is 13.4. The Hall–Kier alpha value is -0.930. The van der Waals surface area contributed by atoms with E-state index < -0.39 is 7.37 Å². The van der Waals surface area contributed by atoms with Crippen LogP contribution in [-0.4, -0.2) is 6.61 Å². The molecule has 0 radical (unpaired) electrons. The van der Waals surface area contributed by atoms with Crippen molar-refractivity contribution in [2.45, 2.75) is 13.1 Å². The Labute approximate surface area is 142 Å². The first-order chi connectivity index (χ1) is 10.6. The number of hydrogen-bond donors (Lipinski definition) is 0. The zero-order valence-corrected chi connectivity index (χ0v) is 15.5. The zero-order chi connectivity index (χ0) is 15.6. The van der Waals surface area contributed by atoms with Crippen molar-refractivity contribution in [1.82, 2.24) is 0 Å². The number of thiophene rings is 1. The van der Waals surface area contributed by atoms with Crippen LogP contribution >= 0.6 is 34.6 Å². The predicted molar refractivity (Wildman–Crippen MR) is 98.5 cm³/mol. The third kappa shape index (κ3) is 3.21. The fraction of sp³-hybridized carbons (Fsp3) is 0.176. The highest BCUT2D eigenvalue weighted by Crippen LogP contribution is 2.52. The predicted octanol–water partition coefficient (Wildman–Crippen LogP) is 5.80. The van der Waals surface area contributed by atoms with Crippen molar-refractivity contribution < 1.29 is 9.09 Å². The molecule has 0 fully saturated rings. The summed E-state index contributed by atoms with van der Waals surface area (Å²) in [6, 6.07) is 17.9. The number of halogens is 1. The molecule has 1 atom stereocenters. The standard InChI is InChI=1S/C17H16BrO2PS/c1-2-20-21(19,16-9-5-4-8-15(16)18)12-14-11-13-7-3-6-10-17(13)22-14/h3-11H,2,12H2,1H3. The van der Waals surface area contributed by atoms with Crippen LogP contribution in [0, 0.1) is 0 Å². The van der Waals surface area contributed by atoms with E-state index in [-0.39, 0.29) is 0 Å². The molecule has 5 heteroatoms. The maximum atomic E-state index is 13.4. The van der Waals surface area contributed by atoms with E-state index in [9.17, 15) is 4.57 Å². The van der Waals surface area contributed by atoms with E-state index in [1.54, 1.807) is 11.3 Å². The minimum absolute atomic E-state index is 0.433. The van der Waals surface area contributed by atoms with E-state index in [1.165, 1.54) is 10.1 Å². The molecule has 0 saturated carbocycles. The van der Waals surface area contributed by atoms with E-state index in [0.717, 1.165) is 14.7 Å². The highest BCUT2D eigenvalue weighted by atomic mass is 79.9. The highest BCUT2D eigenvalue weighted by molar-refractivity contribution is 9.10. The van der Waals surface area contributed by atoms with E-state index >= 15 is 0 Å². The first-order valence-corrected chi connectivity index (χ1v) is 10.5. The number of fused-ring (bicyclic) bond motifs is 1. The molecule has 1 aromatic heterocycles. The fourth-order valence-corrected chi connectivity index (χ4v) is 7.21. The van der Waals surface area contributed by atoms with Crippen molar-refractivity contribution in [2.24, 2.45) is 0 Å². The zero-order valence-electron chi connectivity index (χ0n) is 12.2. The second kappa shape index (κ2) is 6.67. The van der Waals surface area contributed by atoms with E-state index in [2.05, 4.69) is 34.1 Å². The van der Waals surface area contributed by atoms with Crippen LogP contribution in [0.1, 0.15) is 11.8 Å². The topological polar surface area (TPSA) is 26.3 Å². The van der Waals surface area contributed by atoms with Crippen LogP contribution < -0.4 is 5.30 Å². The molecule has 1 unspecified atom stereocenters. The van der Waals surface area contributed by atoms with Crippen molar-refractivity contribution in [1.29, 1.82) is 0 Å². The summed E-state index contributed by atoms with van der Waals surface area (Å²) >= 11 is 5.18. The van der Waals surface area contributed by atoms with Gasteiger partial charge in [-0.25, -0.2) is 0 Å². The Morgan fingerprint density at radius 2 is 1.86 bits per heavy atom. The smallest absolute Gasteiger partial charge is 0.238 e. The van der Waals surface area contributed by atoms with E-state index in [0.29, 0.717) is 12.8 Å². The second-order valence-corrected chi connectivity index (χ2v) is 9.38. The molecular weight excluding hydrogens is 379 g/mol. The molecule has 2 aromatic carbocycles. The first-order valence-electron chi connectivity index (χ1n) is 7.08. The molecule has 114 valence electrons. The lowest BCUT2D eigenvalue weighted by atomic mass is 10.2. The molecule has 0 aliphatic heterocycles. The maximum Gasteiger partial charge on any atom is 0.238 e. The van der Waals surface area contributed by atoms with Gasteiger partial charge in [-0.15, -0.1) is 11.3 Å². The summed E-state index contributed by atoms with van der Waals surface area (Å²) in [5, 5.41) is 1.95. The van der Waals surface area contributed by atoms with Gasteiger partial charge in [-0.05, 0) is 52.5 Å². The summed E-state index contributed by atoms with van der Waals surface area (Å²) in [7, 11) is -2.92. The largest absolute Gasteiger partial charge is 0.325 e. The van der Waals surface area contributed by atoms with Crippen LogP contribution in [-0.2, 0) is 15.3 Å².